The SMILES string of the molecule is CN1CCCC(C(=O)NC(Cc2ccccc2)C(=O)O)C1. The number of amides is 1. The van der Waals surface area contributed by atoms with Crippen molar-refractivity contribution in [3.63, 3.8) is 0 Å². The Kier molecular flexibility index (Phi) is 5.33. The second-order valence-corrected chi connectivity index (χ2v) is 5.69. The van der Waals surface area contributed by atoms with Crippen molar-refractivity contribution in [3.8, 4) is 0 Å². The molecule has 2 rings (SSSR count). The van der Waals surface area contributed by atoms with E-state index in [0.29, 0.717) is 13.0 Å². The zero-order valence-electron chi connectivity index (χ0n) is 12.3. The van der Waals surface area contributed by atoms with E-state index in [1.165, 1.54) is 0 Å². The summed E-state index contributed by atoms with van der Waals surface area (Å²) in [6.45, 7) is 1.69. The number of aliphatic carboxylic acids is 1. The number of nitrogens with zero attached hydrogens (tertiary/aromatic N) is 1. The Morgan fingerprint density at radius 3 is 2.71 bits per heavy atom. The average molecular weight is 290 g/mol. The van der Waals surface area contributed by atoms with Crippen molar-refractivity contribution in [2.45, 2.75) is 25.3 Å². The predicted molar refractivity (Wildman–Crippen MR) is 79.9 cm³/mol. The Morgan fingerprint density at radius 1 is 1.38 bits per heavy atom. The largest absolute Gasteiger partial charge is 0.480 e. The van der Waals surface area contributed by atoms with Crippen LogP contribution in [0.1, 0.15) is 18.4 Å². The monoisotopic (exact) mass is 290 g/mol. The van der Waals surface area contributed by atoms with Gasteiger partial charge in [-0.15, -0.1) is 0 Å². The third kappa shape index (κ3) is 4.56. The first-order chi connectivity index (χ1) is 10.1. The van der Waals surface area contributed by atoms with Crippen LogP contribution in [0.3, 0.4) is 0 Å². The predicted octanol–water partition coefficient (Wildman–Crippen LogP) is 1.14. The molecular formula is C16H22N2O3. The highest BCUT2D eigenvalue weighted by Gasteiger charge is 2.28. The van der Waals surface area contributed by atoms with Gasteiger partial charge in [0.2, 0.25) is 5.91 Å². The maximum Gasteiger partial charge on any atom is 0.326 e. The number of rotatable bonds is 5. The van der Waals surface area contributed by atoms with Crippen molar-refractivity contribution in [1.29, 1.82) is 0 Å². The molecular weight excluding hydrogens is 268 g/mol. The first-order valence-electron chi connectivity index (χ1n) is 7.32. The molecule has 5 nitrogen and oxygen atoms in total. The lowest BCUT2D eigenvalue weighted by atomic mass is 9.96. The van der Waals surface area contributed by atoms with Gasteiger partial charge in [-0.25, -0.2) is 4.79 Å². The molecule has 21 heavy (non-hydrogen) atoms. The van der Waals surface area contributed by atoms with Crippen LogP contribution in [0.4, 0.5) is 0 Å². The first kappa shape index (κ1) is 15.5. The van der Waals surface area contributed by atoms with Crippen molar-refractivity contribution in [2.75, 3.05) is 20.1 Å². The molecule has 2 unspecified atom stereocenters. The molecule has 0 aromatic heterocycles. The summed E-state index contributed by atoms with van der Waals surface area (Å²) in [4.78, 5) is 25.7. The van der Waals surface area contributed by atoms with Gasteiger partial charge in [0.1, 0.15) is 6.04 Å². The standard InChI is InChI=1S/C16H22N2O3/c1-18-9-5-8-13(11-18)15(19)17-14(16(20)21)10-12-6-3-2-4-7-12/h2-4,6-7,13-14H,5,8-11H2,1H3,(H,17,19)(H,20,21). The van der Waals surface area contributed by atoms with E-state index in [2.05, 4.69) is 10.2 Å². The lowest BCUT2D eigenvalue weighted by molar-refractivity contribution is -0.142. The Hall–Kier alpha value is -1.88. The van der Waals surface area contributed by atoms with Crippen molar-refractivity contribution >= 4 is 11.9 Å². The van der Waals surface area contributed by atoms with E-state index < -0.39 is 12.0 Å². The van der Waals surface area contributed by atoms with Crippen LogP contribution in [-0.4, -0.2) is 48.1 Å². The number of carboxylic acids is 1. The fourth-order valence-corrected chi connectivity index (χ4v) is 2.72. The van der Waals surface area contributed by atoms with E-state index >= 15 is 0 Å². The smallest absolute Gasteiger partial charge is 0.326 e. The molecule has 114 valence electrons. The summed E-state index contributed by atoms with van der Waals surface area (Å²) in [7, 11) is 1.98. The number of benzene rings is 1. The Labute approximate surface area is 125 Å². The highest BCUT2D eigenvalue weighted by atomic mass is 16.4. The van der Waals surface area contributed by atoms with Crippen LogP contribution < -0.4 is 5.32 Å². The molecule has 1 aromatic carbocycles. The number of carbonyl (C=O) groups is 2. The number of likely N-dealkylation sites (tertiary alicyclic amines) is 1. The quantitative estimate of drug-likeness (QED) is 0.853. The molecule has 0 radical (unpaired) electrons. The van der Waals surface area contributed by atoms with Gasteiger partial charge in [-0.2, -0.15) is 0 Å². The molecule has 1 aliphatic heterocycles. The molecule has 5 heteroatoms. The van der Waals surface area contributed by atoms with E-state index in [1.807, 2.05) is 37.4 Å². The van der Waals surface area contributed by atoms with Gasteiger partial charge >= 0.3 is 5.97 Å². The third-order valence-electron chi connectivity index (χ3n) is 3.89. The molecule has 1 heterocycles. The van der Waals surface area contributed by atoms with Crippen LogP contribution in [0.15, 0.2) is 30.3 Å². The van der Waals surface area contributed by atoms with E-state index in [-0.39, 0.29) is 11.8 Å². The van der Waals surface area contributed by atoms with Crippen LogP contribution >= 0.6 is 0 Å². The Balaban J connectivity index is 1.96. The number of piperidine rings is 1. The van der Waals surface area contributed by atoms with Crippen LogP contribution in [0.2, 0.25) is 0 Å². The molecule has 1 aromatic rings. The van der Waals surface area contributed by atoms with Crippen LogP contribution in [0.25, 0.3) is 0 Å². The second-order valence-electron chi connectivity index (χ2n) is 5.69. The minimum absolute atomic E-state index is 0.110. The van der Waals surface area contributed by atoms with E-state index in [1.54, 1.807) is 0 Å². The summed E-state index contributed by atoms with van der Waals surface area (Å²) in [6, 6.07) is 8.49. The van der Waals surface area contributed by atoms with E-state index in [9.17, 15) is 14.7 Å². The van der Waals surface area contributed by atoms with E-state index in [4.69, 9.17) is 0 Å². The van der Waals surface area contributed by atoms with Gasteiger partial charge in [0, 0.05) is 13.0 Å². The summed E-state index contributed by atoms with van der Waals surface area (Å²) in [5, 5.41) is 12.0. The van der Waals surface area contributed by atoms with Crippen LogP contribution in [0.5, 0.6) is 0 Å². The van der Waals surface area contributed by atoms with Gasteiger partial charge in [0.25, 0.3) is 0 Å². The maximum atomic E-state index is 12.2. The minimum Gasteiger partial charge on any atom is -0.480 e. The molecule has 2 N–H and O–H groups in total. The van der Waals surface area contributed by atoms with Gasteiger partial charge in [-0.3, -0.25) is 4.79 Å². The molecule has 0 saturated carbocycles. The fourth-order valence-electron chi connectivity index (χ4n) is 2.72. The average Bonchev–Trinajstić information content (AvgIpc) is 2.47. The summed E-state index contributed by atoms with van der Waals surface area (Å²) < 4.78 is 0. The topological polar surface area (TPSA) is 69.6 Å². The zero-order valence-corrected chi connectivity index (χ0v) is 12.3. The minimum atomic E-state index is -0.989. The van der Waals surface area contributed by atoms with Crippen molar-refractivity contribution in [2.24, 2.45) is 5.92 Å². The highest BCUT2D eigenvalue weighted by Crippen LogP contribution is 2.15. The number of hydrogen-bond acceptors (Lipinski definition) is 3. The summed E-state index contributed by atoms with van der Waals surface area (Å²) in [6.07, 6.45) is 2.11. The number of hydrogen-bond donors (Lipinski definition) is 2. The van der Waals surface area contributed by atoms with Gasteiger partial charge in [0.15, 0.2) is 0 Å². The molecule has 1 fully saturated rings. The summed E-state index contributed by atoms with van der Waals surface area (Å²) in [5.74, 6) is -1.25. The molecule has 2 atom stereocenters. The number of nitrogens with one attached hydrogen (secondary N) is 1. The number of carboxylic acid groups (broad SMARTS) is 1. The van der Waals surface area contributed by atoms with Gasteiger partial charge in [-0.1, -0.05) is 30.3 Å². The zero-order chi connectivity index (χ0) is 15.2. The van der Waals surface area contributed by atoms with Crippen LogP contribution in [0, 0.1) is 5.92 Å². The fraction of sp³-hybridized carbons (Fsp3) is 0.500. The molecule has 0 bridgehead atoms. The summed E-state index contributed by atoms with van der Waals surface area (Å²) in [5.41, 5.74) is 0.908. The lowest BCUT2D eigenvalue weighted by Gasteiger charge is -2.29. The molecule has 1 amide bonds. The van der Waals surface area contributed by atoms with Crippen molar-refractivity contribution in [3.05, 3.63) is 35.9 Å². The Bertz CT molecular complexity index is 490. The molecule has 1 aliphatic rings. The second kappa shape index (κ2) is 7.22. The summed E-state index contributed by atoms with van der Waals surface area (Å²) >= 11 is 0. The lowest BCUT2D eigenvalue weighted by Crippen LogP contribution is -2.48. The van der Waals surface area contributed by atoms with Crippen LogP contribution in [-0.2, 0) is 16.0 Å². The number of carbonyl (C=O) groups excluding carboxylic acids is 1. The highest BCUT2D eigenvalue weighted by molar-refractivity contribution is 5.85. The molecule has 0 aliphatic carbocycles. The maximum absolute atomic E-state index is 12.2. The van der Waals surface area contributed by atoms with E-state index in [0.717, 1.165) is 24.9 Å². The third-order valence-corrected chi connectivity index (χ3v) is 3.89. The molecule has 0 spiro atoms. The Morgan fingerprint density at radius 2 is 2.10 bits per heavy atom. The van der Waals surface area contributed by atoms with Crippen molar-refractivity contribution < 1.29 is 14.7 Å². The first-order valence-corrected chi connectivity index (χ1v) is 7.32. The van der Waals surface area contributed by atoms with Gasteiger partial charge in [-0.05, 0) is 32.0 Å². The van der Waals surface area contributed by atoms with Gasteiger partial charge < -0.3 is 15.3 Å². The normalized spacial score (nSPS) is 20.7. The van der Waals surface area contributed by atoms with Crippen molar-refractivity contribution in [1.82, 2.24) is 10.2 Å². The van der Waals surface area contributed by atoms with Gasteiger partial charge in [0.05, 0.1) is 5.92 Å². The molecule has 1 saturated heterocycles.